The van der Waals surface area contributed by atoms with Crippen molar-refractivity contribution >= 4 is 35.3 Å². The van der Waals surface area contributed by atoms with Crippen LogP contribution in [0.4, 0.5) is 5.69 Å². The number of halogens is 1. The first-order valence-corrected chi connectivity index (χ1v) is 7.23. The van der Waals surface area contributed by atoms with Crippen LogP contribution in [-0.2, 0) is 6.42 Å². The molecule has 1 aromatic carbocycles. The molecule has 0 unspecified atom stereocenters. The number of hydrogen-bond acceptors (Lipinski definition) is 6. The van der Waals surface area contributed by atoms with Crippen molar-refractivity contribution in [3.63, 3.8) is 0 Å². The molecule has 0 fully saturated rings. The number of aromatic nitrogens is 1. The molecule has 0 bridgehead atoms. The summed E-state index contributed by atoms with van der Waals surface area (Å²) in [4.78, 5) is 16.4. The molecule has 0 aliphatic carbocycles. The van der Waals surface area contributed by atoms with E-state index in [-0.39, 0.29) is 18.3 Å². The molecule has 3 N–H and O–H groups in total. The first-order valence-electron chi connectivity index (χ1n) is 6.35. The number of methoxy groups -OCH3 is 2. The molecule has 0 aliphatic heterocycles. The SMILES string of the molecule is COc1cc(NC(=O)c2csc(CCN)n2)cc(OC)c1.Cl. The molecule has 0 saturated carbocycles. The maximum atomic E-state index is 12.2. The second-order valence-electron chi connectivity index (χ2n) is 4.22. The normalized spacial score (nSPS) is 9.77. The number of nitrogens with zero attached hydrogens (tertiary/aromatic N) is 1. The number of rotatable bonds is 6. The Morgan fingerprint density at radius 1 is 1.27 bits per heavy atom. The van der Waals surface area contributed by atoms with E-state index in [4.69, 9.17) is 15.2 Å². The van der Waals surface area contributed by atoms with E-state index in [0.29, 0.717) is 35.8 Å². The maximum Gasteiger partial charge on any atom is 0.275 e. The van der Waals surface area contributed by atoms with E-state index in [0.717, 1.165) is 5.01 Å². The van der Waals surface area contributed by atoms with Gasteiger partial charge in [0, 0.05) is 35.7 Å². The van der Waals surface area contributed by atoms with E-state index in [2.05, 4.69) is 10.3 Å². The number of nitrogens with one attached hydrogen (secondary N) is 1. The fourth-order valence-electron chi connectivity index (χ4n) is 1.73. The zero-order valence-corrected chi connectivity index (χ0v) is 13.9. The quantitative estimate of drug-likeness (QED) is 0.840. The summed E-state index contributed by atoms with van der Waals surface area (Å²) in [5.41, 5.74) is 6.44. The predicted molar refractivity (Wildman–Crippen MR) is 89.6 cm³/mol. The van der Waals surface area contributed by atoms with E-state index >= 15 is 0 Å². The van der Waals surface area contributed by atoms with Gasteiger partial charge >= 0.3 is 0 Å². The van der Waals surface area contributed by atoms with Crippen molar-refractivity contribution in [2.24, 2.45) is 5.73 Å². The molecule has 22 heavy (non-hydrogen) atoms. The number of amides is 1. The molecule has 0 aliphatic rings. The second kappa shape index (κ2) is 8.57. The fourth-order valence-corrected chi connectivity index (χ4v) is 2.52. The molecule has 6 nitrogen and oxygen atoms in total. The molecule has 0 saturated heterocycles. The maximum absolute atomic E-state index is 12.2. The van der Waals surface area contributed by atoms with Gasteiger partial charge in [0.25, 0.3) is 5.91 Å². The van der Waals surface area contributed by atoms with Crippen LogP contribution in [0.15, 0.2) is 23.6 Å². The molecule has 8 heteroatoms. The highest BCUT2D eigenvalue weighted by molar-refractivity contribution is 7.09. The van der Waals surface area contributed by atoms with Crippen molar-refractivity contribution in [3.05, 3.63) is 34.3 Å². The van der Waals surface area contributed by atoms with Crippen LogP contribution in [0.2, 0.25) is 0 Å². The minimum absolute atomic E-state index is 0. The Morgan fingerprint density at radius 3 is 2.45 bits per heavy atom. The summed E-state index contributed by atoms with van der Waals surface area (Å²) < 4.78 is 10.3. The van der Waals surface area contributed by atoms with Crippen LogP contribution in [-0.4, -0.2) is 31.7 Å². The highest BCUT2D eigenvalue weighted by Gasteiger charge is 2.12. The Labute approximate surface area is 139 Å². The van der Waals surface area contributed by atoms with E-state index in [1.54, 1.807) is 37.8 Å². The minimum atomic E-state index is -0.273. The molecule has 1 amide bonds. The summed E-state index contributed by atoms with van der Waals surface area (Å²) in [6, 6.07) is 5.17. The van der Waals surface area contributed by atoms with E-state index in [1.165, 1.54) is 11.3 Å². The Morgan fingerprint density at radius 2 is 1.91 bits per heavy atom. The molecule has 1 heterocycles. The van der Waals surface area contributed by atoms with Gasteiger partial charge in [0.15, 0.2) is 0 Å². The third-order valence-corrected chi connectivity index (χ3v) is 3.66. The van der Waals surface area contributed by atoms with Gasteiger partial charge in [0.05, 0.1) is 19.2 Å². The summed E-state index contributed by atoms with van der Waals surface area (Å²) in [6.45, 7) is 0.516. The van der Waals surface area contributed by atoms with Crippen molar-refractivity contribution < 1.29 is 14.3 Å². The van der Waals surface area contributed by atoms with Crippen LogP contribution in [0, 0.1) is 0 Å². The lowest BCUT2D eigenvalue weighted by Crippen LogP contribution is -2.13. The topological polar surface area (TPSA) is 86.5 Å². The van der Waals surface area contributed by atoms with Gasteiger partial charge in [0.2, 0.25) is 0 Å². The molecule has 0 atom stereocenters. The molecule has 0 spiro atoms. The van der Waals surface area contributed by atoms with Crippen LogP contribution >= 0.6 is 23.7 Å². The van der Waals surface area contributed by atoms with Gasteiger partial charge in [0.1, 0.15) is 17.2 Å². The summed E-state index contributed by atoms with van der Waals surface area (Å²) in [6.07, 6.45) is 0.672. The minimum Gasteiger partial charge on any atom is -0.497 e. The largest absolute Gasteiger partial charge is 0.497 e. The number of hydrogen-bond donors (Lipinski definition) is 2. The Bertz CT molecular complexity index is 611. The fraction of sp³-hybridized carbons (Fsp3) is 0.286. The monoisotopic (exact) mass is 343 g/mol. The number of benzene rings is 1. The van der Waals surface area contributed by atoms with Crippen molar-refractivity contribution in [2.75, 3.05) is 26.1 Å². The molecular weight excluding hydrogens is 326 g/mol. The van der Waals surface area contributed by atoms with Crippen molar-refractivity contribution in [1.29, 1.82) is 0 Å². The lowest BCUT2D eigenvalue weighted by Gasteiger charge is -2.09. The number of carbonyl (C=O) groups is 1. The summed E-state index contributed by atoms with van der Waals surface area (Å²) >= 11 is 1.43. The number of ether oxygens (including phenoxy) is 2. The summed E-state index contributed by atoms with van der Waals surface area (Å²) in [5.74, 6) is 0.934. The Kier molecular flexibility index (Phi) is 7.10. The van der Waals surface area contributed by atoms with Crippen LogP contribution < -0.4 is 20.5 Å². The average Bonchev–Trinajstić information content (AvgIpc) is 2.96. The van der Waals surface area contributed by atoms with E-state index in [1.807, 2.05) is 0 Å². The Balaban J connectivity index is 0.00000242. The number of anilines is 1. The molecule has 0 radical (unpaired) electrons. The summed E-state index contributed by atoms with van der Waals surface area (Å²) in [7, 11) is 3.11. The molecule has 120 valence electrons. The smallest absolute Gasteiger partial charge is 0.275 e. The highest BCUT2D eigenvalue weighted by atomic mass is 35.5. The standard InChI is InChI=1S/C14H17N3O3S.ClH/c1-19-10-5-9(6-11(7-10)20-2)16-14(18)12-8-21-13(17-12)3-4-15;/h5-8H,3-4,15H2,1-2H3,(H,16,18);1H. The third kappa shape index (κ3) is 4.59. The van der Waals surface area contributed by atoms with Gasteiger partial charge < -0.3 is 20.5 Å². The van der Waals surface area contributed by atoms with Crippen LogP contribution in [0.3, 0.4) is 0 Å². The van der Waals surface area contributed by atoms with Crippen LogP contribution in [0.1, 0.15) is 15.5 Å². The van der Waals surface area contributed by atoms with Crippen LogP contribution in [0.5, 0.6) is 11.5 Å². The molecular formula is C14H18ClN3O3S. The first-order chi connectivity index (χ1) is 10.2. The molecule has 1 aromatic heterocycles. The molecule has 2 aromatic rings. The van der Waals surface area contributed by atoms with Gasteiger partial charge in [-0.15, -0.1) is 23.7 Å². The zero-order valence-electron chi connectivity index (χ0n) is 12.3. The number of nitrogens with two attached hydrogens (primary N) is 1. The van der Waals surface area contributed by atoms with E-state index < -0.39 is 0 Å². The van der Waals surface area contributed by atoms with Crippen molar-refractivity contribution in [1.82, 2.24) is 4.98 Å². The number of thiazole rings is 1. The zero-order chi connectivity index (χ0) is 15.2. The third-order valence-electron chi connectivity index (χ3n) is 2.75. The van der Waals surface area contributed by atoms with Crippen molar-refractivity contribution in [2.45, 2.75) is 6.42 Å². The Hall–Kier alpha value is -1.83. The van der Waals surface area contributed by atoms with Gasteiger partial charge in [-0.05, 0) is 6.54 Å². The second-order valence-corrected chi connectivity index (χ2v) is 5.16. The van der Waals surface area contributed by atoms with Gasteiger partial charge in [-0.3, -0.25) is 4.79 Å². The van der Waals surface area contributed by atoms with Gasteiger partial charge in [-0.2, -0.15) is 0 Å². The first kappa shape index (κ1) is 18.2. The van der Waals surface area contributed by atoms with Gasteiger partial charge in [-0.1, -0.05) is 0 Å². The molecule has 2 rings (SSSR count). The number of carbonyl (C=O) groups excluding carboxylic acids is 1. The lowest BCUT2D eigenvalue weighted by atomic mass is 10.2. The van der Waals surface area contributed by atoms with E-state index in [9.17, 15) is 4.79 Å². The average molecular weight is 344 g/mol. The van der Waals surface area contributed by atoms with Gasteiger partial charge in [-0.25, -0.2) is 4.98 Å². The lowest BCUT2D eigenvalue weighted by molar-refractivity contribution is 0.102. The summed E-state index contributed by atoms with van der Waals surface area (Å²) in [5, 5.41) is 5.35. The highest BCUT2D eigenvalue weighted by Crippen LogP contribution is 2.26. The van der Waals surface area contributed by atoms with Crippen molar-refractivity contribution in [3.8, 4) is 11.5 Å². The van der Waals surface area contributed by atoms with Crippen LogP contribution in [0.25, 0.3) is 0 Å². The predicted octanol–water partition coefficient (Wildman–Crippen LogP) is 2.34.